The van der Waals surface area contributed by atoms with E-state index in [1.54, 1.807) is 18.2 Å². The van der Waals surface area contributed by atoms with E-state index >= 15 is 0 Å². The molecule has 104 valence electrons. The SMILES string of the molecule is Nc1cc(N)cc(C(=O)N[C@@H](CO)c2ccccc2)c1. The number of benzene rings is 2. The maximum atomic E-state index is 12.2. The number of aliphatic hydroxyl groups excluding tert-OH is 1. The summed E-state index contributed by atoms with van der Waals surface area (Å²) in [4.78, 5) is 12.2. The third kappa shape index (κ3) is 3.27. The van der Waals surface area contributed by atoms with Crippen LogP contribution in [0.3, 0.4) is 0 Å². The lowest BCUT2D eigenvalue weighted by Crippen LogP contribution is -2.30. The van der Waals surface area contributed by atoms with Crippen molar-refractivity contribution in [1.82, 2.24) is 5.32 Å². The van der Waals surface area contributed by atoms with Crippen LogP contribution in [-0.4, -0.2) is 17.6 Å². The van der Waals surface area contributed by atoms with E-state index in [9.17, 15) is 9.90 Å². The highest BCUT2D eigenvalue weighted by molar-refractivity contribution is 5.96. The first-order chi connectivity index (χ1) is 9.60. The van der Waals surface area contributed by atoms with E-state index in [-0.39, 0.29) is 12.5 Å². The van der Waals surface area contributed by atoms with E-state index in [0.29, 0.717) is 16.9 Å². The molecule has 0 unspecified atom stereocenters. The van der Waals surface area contributed by atoms with E-state index in [1.165, 1.54) is 0 Å². The lowest BCUT2D eigenvalue weighted by molar-refractivity contribution is 0.0916. The topological polar surface area (TPSA) is 101 Å². The molecule has 0 radical (unpaired) electrons. The summed E-state index contributed by atoms with van der Waals surface area (Å²) in [6.07, 6.45) is 0. The number of carbonyl (C=O) groups excluding carboxylic acids is 1. The van der Waals surface area contributed by atoms with Gasteiger partial charge in [-0.3, -0.25) is 4.79 Å². The summed E-state index contributed by atoms with van der Waals surface area (Å²) in [6.45, 7) is -0.187. The summed E-state index contributed by atoms with van der Waals surface area (Å²) in [6, 6.07) is 13.5. The molecule has 0 aliphatic rings. The Labute approximate surface area is 117 Å². The highest BCUT2D eigenvalue weighted by atomic mass is 16.3. The maximum absolute atomic E-state index is 12.2. The van der Waals surface area contributed by atoms with Crippen LogP contribution < -0.4 is 16.8 Å². The first-order valence-electron chi connectivity index (χ1n) is 6.23. The fourth-order valence-corrected chi connectivity index (χ4v) is 1.97. The summed E-state index contributed by atoms with van der Waals surface area (Å²) in [5, 5.41) is 12.2. The van der Waals surface area contributed by atoms with Crippen LogP contribution in [0.15, 0.2) is 48.5 Å². The standard InChI is InChI=1S/C15H17N3O2/c16-12-6-11(7-13(17)8-12)15(20)18-14(9-19)10-4-2-1-3-5-10/h1-8,14,19H,9,16-17H2,(H,18,20)/t14-/m0/s1. The Hall–Kier alpha value is -2.53. The third-order valence-electron chi connectivity index (χ3n) is 2.93. The monoisotopic (exact) mass is 271 g/mol. The molecule has 20 heavy (non-hydrogen) atoms. The van der Waals surface area contributed by atoms with Gasteiger partial charge in [-0.15, -0.1) is 0 Å². The number of nitrogen functional groups attached to an aromatic ring is 2. The quantitative estimate of drug-likeness (QED) is 0.630. The number of amides is 1. The van der Waals surface area contributed by atoms with Gasteiger partial charge in [0.15, 0.2) is 0 Å². The van der Waals surface area contributed by atoms with Crippen molar-refractivity contribution in [1.29, 1.82) is 0 Å². The molecule has 0 saturated carbocycles. The van der Waals surface area contributed by atoms with Crippen LogP contribution in [0.25, 0.3) is 0 Å². The molecule has 1 amide bonds. The fraction of sp³-hybridized carbons (Fsp3) is 0.133. The van der Waals surface area contributed by atoms with E-state index in [2.05, 4.69) is 5.32 Å². The second-order valence-electron chi connectivity index (χ2n) is 4.51. The van der Waals surface area contributed by atoms with Gasteiger partial charge in [-0.2, -0.15) is 0 Å². The molecular weight excluding hydrogens is 254 g/mol. The van der Waals surface area contributed by atoms with Gasteiger partial charge in [-0.05, 0) is 23.8 Å². The normalized spacial score (nSPS) is 11.8. The molecule has 1 atom stereocenters. The number of nitrogens with one attached hydrogen (secondary N) is 1. The minimum absolute atomic E-state index is 0.187. The molecular formula is C15H17N3O2. The molecule has 0 saturated heterocycles. The first-order valence-corrected chi connectivity index (χ1v) is 6.23. The van der Waals surface area contributed by atoms with Crippen molar-refractivity contribution >= 4 is 17.3 Å². The van der Waals surface area contributed by atoms with Crippen molar-refractivity contribution in [3.63, 3.8) is 0 Å². The van der Waals surface area contributed by atoms with Crippen molar-refractivity contribution < 1.29 is 9.90 Å². The van der Waals surface area contributed by atoms with Gasteiger partial charge in [-0.1, -0.05) is 30.3 Å². The van der Waals surface area contributed by atoms with Gasteiger partial charge >= 0.3 is 0 Å². The number of nitrogens with two attached hydrogens (primary N) is 2. The van der Waals surface area contributed by atoms with E-state index in [4.69, 9.17) is 11.5 Å². The lowest BCUT2D eigenvalue weighted by Gasteiger charge is -2.17. The van der Waals surface area contributed by atoms with E-state index in [1.807, 2.05) is 30.3 Å². The van der Waals surface area contributed by atoms with Gasteiger partial charge in [0.05, 0.1) is 12.6 Å². The average Bonchev–Trinajstić information content (AvgIpc) is 2.44. The molecule has 0 aliphatic carbocycles. The molecule has 0 aromatic heterocycles. The predicted molar refractivity (Wildman–Crippen MR) is 79.0 cm³/mol. The van der Waals surface area contributed by atoms with Gasteiger partial charge in [0.1, 0.15) is 0 Å². The van der Waals surface area contributed by atoms with Crippen LogP contribution in [0, 0.1) is 0 Å². The van der Waals surface area contributed by atoms with Crippen LogP contribution in [0.4, 0.5) is 11.4 Å². The molecule has 0 heterocycles. The average molecular weight is 271 g/mol. The van der Waals surface area contributed by atoms with Gasteiger partial charge in [0.25, 0.3) is 5.91 Å². The molecule has 0 bridgehead atoms. The predicted octanol–water partition coefficient (Wildman–Crippen LogP) is 1.31. The molecule has 2 rings (SSSR count). The van der Waals surface area contributed by atoms with Crippen molar-refractivity contribution in [2.45, 2.75) is 6.04 Å². The molecule has 0 fully saturated rings. The summed E-state index contributed by atoms with van der Waals surface area (Å²) in [7, 11) is 0. The zero-order valence-electron chi connectivity index (χ0n) is 10.9. The zero-order chi connectivity index (χ0) is 14.5. The Kier molecular flexibility index (Phi) is 4.22. The largest absolute Gasteiger partial charge is 0.399 e. The van der Waals surface area contributed by atoms with Gasteiger partial charge in [0.2, 0.25) is 0 Å². The molecule has 5 nitrogen and oxygen atoms in total. The summed E-state index contributed by atoms with van der Waals surface area (Å²) >= 11 is 0. The lowest BCUT2D eigenvalue weighted by atomic mass is 10.1. The molecule has 5 heteroatoms. The summed E-state index contributed by atoms with van der Waals surface area (Å²) in [5.74, 6) is -0.327. The minimum atomic E-state index is -0.466. The molecule has 6 N–H and O–H groups in total. The summed E-state index contributed by atoms with van der Waals surface area (Å²) in [5.41, 5.74) is 13.4. The van der Waals surface area contributed by atoms with E-state index < -0.39 is 6.04 Å². The van der Waals surface area contributed by atoms with Crippen LogP contribution in [0.2, 0.25) is 0 Å². The minimum Gasteiger partial charge on any atom is -0.399 e. The molecule has 2 aromatic rings. The van der Waals surface area contributed by atoms with Crippen molar-refractivity contribution in [3.05, 3.63) is 59.7 Å². The smallest absolute Gasteiger partial charge is 0.251 e. The third-order valence-corrected chi connectivity index (χ3v) is 2.93. The maximum Gasteiger partial charge on any atom is 0.251 e. The number of rotatable bonds is 4. The van der Waals surface area contributed by atoms with Crippen molar-refractivity contribution in [3.8, 4) is 0 Å². The van der Waals surface area contributed by atoms with Crippen molar-refractivity contribution in [2.75, 3.05) is 18.1 Å². The Morgan fingerprint density at radius 2 is 1.70 bits per heavy atom. The second kappa shape index (κ2) is 6.08. The molecule has 0 aliphatic heterocycles. The van der Waals surface area contributed by atoms with Crippen LogP contribution >= 0.6 is 0 Å². The van der Waals surface area contributed by atoms with Crippen molar-refractivity contribution in [2.24, 2.45) is 0 Å². The van der Waals surface area contributed by atoms with E-state index in [0.717, 1.165) is 5.56 Å². The number of anilines is 2. The Balaban J connectivity index is 2.17. The number of carbonyl (C=O) groups is 1. The Morgan fingerprint density at radius 3 is 2.25 bits per heavy atom. The highest BCUT2D eigenvalue weighted by Crippen LogP contribution is 2.16. The number of hydrogen-bond acceptors (Lipinski definition) is 4. The molecule has 0 spiro atoms. The van der Waals surface area contributed by atoms with Crippen LogP contribution in [-0.2, 0) is 0 Å². The first kappa shape index (κ1) is 13.9. The molecule has 2 aromatic carbocycles. The number of aliphatic hydroxyl groups is 1. The Morgan fingerprint density at radius 1 is 1.10 bits per heavy atom. The van der Waals surface area contributed by atoms with Gasteiger partial charge in [-0.25, -0.2) is 0 Å². The summed E-state index contributed by atoms with van der Waals surface area (Å²) < 4.78 is 0. The Bertz CT molecular complexity index is 579. The highest BCUT2D eigenvalue weighted by Gasteiger charge is 2.15. The van der Waals surface area contributed by atoms with Crippen LogP contribution in [0.5, 0.6) is 0 Å². The number of hydrogen-bond donors (Lipinski definition) is 4. The van der Waals surface area contributed by atoms with Crippen LogP contribution in [0.1, 0.15) is 22.0 Å². The van der Waals surface area contributed by atoms with Gasteiger partial charge in [0, 0.05) is 16.9 Å². The zero-order valence-corrected chi connectivity index (χ0v) is 10.9. The van der Waals surface area contributed by atoms with Gasteiger partial charge < -0.3 is 21.9 Å². The fourth-order valence-electron chi connectivity index (χ4n) is 1.97. The second-order valence-corrected chi connectivity index (χ2v) is 4.51.